The van der Waals surface area contributed by atoms with Crippen molar-refractivity contribution in [2.75, 3.05) is 13.2 Å². The minimum atomic E-state index is 0.151. The van der Waals surface area contributed by atoms with Crippen molar-refractivity contribution >= 4 is 5.96 Å². The molecule has 4 nitrogen and oxygen atoms in total. The number of hydrogen-bond donors (Lipinski definition) is 3. The van der Waals surface area contributed by atoms with E-state index >= 15 is 0 Å². The van der Waals surface area contributed by atoms with Gasteiger partial charge in [-0.15, -0.1) is 0 Å². The molecule has 0 saturated carbocycles. The molecule has 1 atom stereocenters. The van der Waals surface area contributed by atoms with E-state index in [4.69, 9.17) is 10.8 Å². The second-order valence-corrected chi connectivity index (χ2v) is 3.31. The third-order valence-corrected chi connectivity index (χ3v) is 1.32. The molecular formula is C8H19N3O. The van der Waals surface area contributed by atoms with Gasteiger partial charge >= 0.3 is 0 Å². The summed E-state index contributed by atoms with van der Waals surface area (Å²) in [5.41, 5.74) is 5.53. The van der Waals surface area contributed by atoms with Crippen LogP contribution in [0.2, 0.25) is 0 Å². The van der Waals surface area contributed by atoms with Crippen molar-refractivity contribution in [3.05, 3.63) is 0 Å². The van der Waals surface area contributed by atoms with Crippen molar-refractivity contribution < 1.29 is 5.11 Å². The van der Waals surface area contributed by atoms with Crippen LogP contribution in [0.3, 0.4) is 0 Å². The quantitative estimate of drug-likeness (QED) is 0.411. The van der Waals surface area contributed by atoms with E-state index in [1.54, 1.807) is 0 Å². The zero-order valence-corrected chi connectivity index (χ0v) is 8.04. The van der Waals surface area contributed by atoms with E-state index in [1.807, 2.05) is 20.8 Å². The molecule has 0 amide bonds. The van der Waals surface area contributed by atoms with Crippen LogP contribution >= 0.6 is 0 Å². The predicted molar refractivity (Wildman–Crippen MR) is 51.0 cm³/mol. The highest BCUT2D eigenvalue weighted by atomic mass is 16.3. The molecule has 0 aliphatic rings. The van der Waals surface area contributed by atoms with Crippen molar-refractivity contribution in [2.24, 2.45) is 16.6 Å². The van der Waals surface area contributed by atoms with E-state index in [9.17, 15) is 0 Å². The maximum atomic E-state index is 8.70. The molecule has 4 N–H and O–H groups in total. The van der Waals surface area contributed by atoms with Crippen molar-refractivity contribution in [1.82, 2.24) is 5.32 Å². The smallest absolute Gasteiger partial charge is 0.188 e. The lowest BCUT2D eigenvalue weighted by molar-refractivity contribution is 0.241. The fraction of sp³-hybridized carbons (Fsp3) is 0.875. The number of nitrogens with two attached hydrogens (primary N) is 1. The Kier molecular flexibility index (Phi) is 5.45. The zero-order chi connectivity index (χ0) is 9.56. The van der Waals surface area contributed by atoms with Gasteiger partial charge in [0.25, 0.3) is 0 Å². The van der Waals surface area contributed by atoms with Gasteiger partial charge in [-0.3, -0.25) is 4.99 Å². The van der Waals surface area contributed by atoms with Crippen LogP contribution in [0.5, 0.6) is 0 Å². The molecule has 0 heterocycles. The maximum absolute atomic E-state index is 8.70. The fourth-order valence-electron chi connectivity index (χ4n) is 0.653. The number of guanidine groups is 1. The second-order valence-electron chi connectivity index (χ2n) is 3.31. The Hall–Kier alpha value is -0.770. The summed E-state index contributed by atoms with van der Waals surface area (Å²) >= 11 is 0. The summed E-state index contributed by atoms with van der Waals surface area (Å²) in [6.07, 6.45) is 0. The summed E-state index contributed by atoms with van der Waals surface area (Å²) in [7, 11) is 0. The van der Waals surface area contributed by atoms with Crippen LogP contribution in [-0.2, 0) is 0 Å². The molecule has 0 bridgehead atoms. The fourth-order valence-corrected chi connectivity index (χ4v) is 0.653. The third-order valence-electron chi connectivity index (χ3n) is 1.32. The number of hydrogen-bond acceptors (Lipinski definition) is 2. The van der Waals surface area contributed by atoms with E-state index in [0.29, 0.717) is 18.5 Å². The van der Waals surface area contributed by atoms with Gasteiger partial charge in [0.2, 0.25) is 0 Å². The van der Waals surface area contributed by atoms with Gasteiger partial charge in [-0.2, -0.15) is 0 Å². The summed E-state index contributed by atoms with van der Waals surface area (Å²) in [6.45, 7) is 6.64. The first kappa shape index (κ1) is 11.2. The van der Waals surface area contributed by atoms with E-state index in [2.05, 4.69) is 10.3 Å². The Morgan fingerprint density at radius 3 is 2.50 bits per heavy atom. The minimum absolute atomic E-state index is 0.151. The van der Waals surface area contributed by atoms with Gasteiger partial charge < -0.3 is 16.2 Å². The van der Waals surface area contributed by atoms with Gasteiger partial charge in [-0.25, -0.2) is 0 Å². The van der Waals surface area contributed by atoms with Crippen LogP contribution < -0.4 is 11.1 Å². The summed E-state index contributed by atoms with van der Waals surface area (Å²) in [6, 6.07) is 0.304. The molecule has 4 heteroatoms. The minimum Gasteiger partial charge on any atom is -0.396 e. The largest absolute Gasteiger partial charge is 0.396 e. The molecule has 1 unspecified atom stereocenters. The molecule has 0 aromatic rings. The summed E-state index contributed by atoms with van der Waals surface area (Å²) in [4.78, 5) is 4.06. The SMILES string of the molecule is CC(CO)CN=C(N)NC(C)C. The lowest BCUT2D eigenvalue weighted by atomic mass is 10.2. The van der Waals surface area contributed by atoms with Gasteiger partial charge in [0.05, 0.1) is 0 Å². The molecule has 0 aliphatic heterocycles. The van der Waals surface area contributed by atoms with Crippen molar-refractivity contribution in [1.29, 1.82) is 0 Å². The Morgan fingerprint density at radius 1 is 1.50 bits per heavy atom. The van der Waals surface area contributed by atoms with E-state index < -0.39 is 0 Å². The topological polar surface area (TPSA) is 70.6 Å². The number of aliphatic hydroxyl groups excluding tert-OH is 1. The van der Waals surface area contributed by atoms with Crippen LogP contribution in [0, 0.1) is 5.92 Å². The van der Waals surface area contributed by atoms with Crippen molar-refractivity contribution in [3.63, 3.8) is 0 Å². The van der Waals surface area contributed by atoms with Gasteiger partial charge in [0, 0.05) is 19.2 Å². The molecule has 0 fully saturated rings. The number of aliphatic hydroxyl groups is 1. The van der Waals surface area contributed by atoms with E-state index in [1.165, 1.54) is 0 Å². The number of nitrogens with one attached hydrogen (secondary N) is 1. The van der Waals surface area contributed by atoms with Crippen LogP contribution in [-0.4, -0.2) is 30.3 Å². The lowest BCUT2D eigenvalue weighted by Gasteiger charge is -2.09. The average molecular weight is 173 g/mol. The summed E-state index contributed by atoms with van der Waals surface area (Å²) in [5, 5.41) is 11.7. The molecule has 12 heavy (non-hydrogen) atoms. The molecule has 0 saturated heterocycles. The number of rotatable bonds is 4. The molecule has 0 radical (unpaired) electrons. The first-order valence-corrected chi connectivity index (χ1v) is 4.23. The standard InChI is InChI=1S/C8H19N3O/c1-6(2)11-8(9)10-4-7(3)5-12/h6-7,12H,4-5H2,1-3H3,(H3,9,10,11). The van der Waals surface area contributed by atoms with Crippen LogP contribution in [0.4, 0.5) is 0 Å². The number of nitrogens with zero attached hydrogens (tertiary/aromatic N) is 1. The molecule has 0 aromatic carbocycles. The van der Waals surface area contributed by atoms with Crippen LogP contribution in [0.15, 0.2) is 4.99 Å². The summed E-state index contributed by atoms with van der Waals surface area (Å²) < 4.78 is 0. The normalized spacial score (nSPS) is 14.9. The summed E-state index contributed by atoms with van der Waals surface area (Å²) in [5.74, 6) is 0.628. The molecule has 0 rings (SSSR count). The van der Waals surface area contributed by atoms with Crippen LogP contribution in [0.1, 0.15) is 20.8 Å². The predicted octanol–water partition coefficient (Wildman–Crippen LogP) is -0.0725. The monoisotopic (exact) mass is 173 g/mol. The first-order chi connectivity index (χ1) is 5.56. The molecule has 0 spiro atoms. The molecule has 0 aromatic heterocycles. The zero-order valence-electron chi connectivity index (χ0n) is 8.04. The van der Waals surface area contributed by atoms with Crippen LogP contribution in [0.25, 0.3) is 0 Å². The molecular weight excluding hydrogens is 154 g/mol. The maximum Gasteiger partial charge on any atom is 0.188 e. The molecule has 0 aliphatic carbocycles. The van der Waals surface area contributed by atoms with Gasteiger partial charge in [-0.05, 0) is 19.8 Å². The van der Waals surface area contributed by atoms with Crippen molar-refractivity contribution in [2.45, 2.75) is 26.8 Å². The second kappa shape index (κ2) is 5.83. The van der Waals surface area contributed by atoms with E-state index in [-0.39, 0.29) is 12.5 Å². The Labute approximate surface area is 73.9 Å². The highest BCUT2D eigenvalue weighted by Gasteiger charge is 1.99. The molecule has 72 valence electrons. The third kappa shape index (κ3) is 5.97. The average Bonchev–Trinajstić information content (AvgIpc) is 1.99. The number of aliphatic imine (C=N–C) groups is 1. The Bertz CT molecular complexity index is 145. The van der Waals surface area contributed by atoms with Gasteiger partial charge in [-0.1, -0.05) is 6.92 Å². The van der Waals surface area contributed by atoms with Gasteiger partial charge in [0.15, 0.2) is 5.96 Å². The van der Waals surface area contributed by atoms with Gasteiger partial charge in [0.1, 0.15) is 0 Å². The highest BCUT2D eigenvalue weighted by Crippen LogP contribution is 1.91. The highest BCUT2D eigenvalue weighted by molar-refractivity contribution is 5.78. The van der Waals surface area contributed by atoms with Crippen molar-refractivity contribution in [3.8, 4) is 0 Å². The first-order valence-electron chi connectivity index (χ1n) is 4.23. The lowest BCUT2D eigenvalue weighted by Crippen LogP contribution is -2.37. The van der Waals surface area contributed by atoms with E-state index in [0.717, 1.165) is 0 Å². The Balaban J connectivity index is 3.68. The Morgan fingerprint density at radius 2 is 2.08 bits per heavy atom.